The van der Waals surface area contributed by atoms with E-state index in [0.29, 0.717) is 12.0 Å². The van der Waals surface area contributed by atoms with Crippen LogP contribution in [0, 0.1) is 5.92 Å². The molecule has 4 rings (SSSR count). The number of Topliss-reactive ketones (excluding diaryl/α,β-unsaturated/α-hetero) is 1. The molecule has 0 aliphatic carbocycles. The Morgan fingerprint density at radius 1 is 1.31 bits per heavy atom. The standard InChI is InChI=1S/C22H27N3O/c1-14(2)22-21-19(18-7-5-6-8-20(18)23-21)9-10-25(22)13-17-11-16(15(3)26)12-24(17)4/h5-8,11-12,14,22-23H,9-10,13H2,1-4H3. The Bertz CT molecular complexity index is 963. The van der Waals surface area contributed by atoms with Crippen LogP contribution in [0.4, 0.5) is 0 Å². The van der Waals surface area contributed by atoms with E-state index < -0.39 is 0 Å². The average Bonchev–Trinajstić information content (AvgIpc) is 3.15. The maximum absolute atomic E-state index is 11.7. The summed E-state index contributed by atoms with van der Waals surface area (Å²) in [4.78, 5) is 18.0. The maximum Gasteiger partial charge on any atom is 0.161 e. The molecule has 26 heavy (non-hydrogen) atoms. The Balaban J connectivity index is 1.70. The first-order valence-electron chi connectivity index (χ1n) is 9.45. The number of nitrogens with zero attached hydrogens (tertiary/aromatic N) is 2. The van der Waals surface area contributed by atoms with Crippen LogP contribution in [0.5, 0.6) is 0 Å². The molecule has 0 amide bonds. The van der Waals surface area contributed by atoms with Gasteiger partial charge in [0.05, 0.1) is 6.04 Å². The lowest BCUT2D eigenvalue weighted by atomic mass is 9.90. The molecule has 3 aromatic rings. The minimum absolute atomic E-state index is 0.129. The normalized spacial score (nSPS) is 17.8. The van der Waals surface area contributed by atoms with Crippen molar-refractivity contribution < 1.29 is 4.79 Å². The summed E-state index contributed by atoms with van der Waals surface area (Å²) < 4.78 is 2.09. The van der Waals surface area contributed by atoms with Crippen molar-refractivity contribution in [3.63, 3.8) is 0 Å². The predicted molar refractivity (Wildman–Crippen MR) is 105 cm³/mol. The number of aromatic amines is 1. The van der Waals surface area contributed by atoms with Crippen molar-refractivity contribution in [2.45, 2.75) is 39.8 Å². The lowest BCUT2D eigenvalue weighted by Gasteiger charge is -2.38. The summed E-state index contributed by atoms with van der Waals surface area (Å²) >= 11 is 0. The molecule has 4 heteroatoms. The number of aryl methyl sites for hydroxylation is 1. The third-order valence-corrected chi connectivity index (χ3v) is 5.70. The third kappa shape index (κ3) is 2.78. The smallest absolute Gasteiger partial charge is 0.161 e. The highest BCUT2D eigenvalue weighted by atomic mass is 16.1. The van der Waals surface area contributed by atoms with E-state index in [1.54, 1.807) is 6.92 Å². The molecular weight excluding hydrogens is 322 g/mol. The molecule has 0 bridgehead atoms. The maximum atomic E-state index is 11.7. The minimum atomic E-state index is 0.129. The molecule has 2 aromatic heterocycles. The molecule has 1 atom stereocenters. The highest BCUT2D eigenvalue weighted by Crippen LogP contribution is 2.39. The summed E-state index contributed by atoms with van der Waals surface area (Å²) in [5.74, 6) is 0.637. The van der Waals surface area contributed by atoms with Crippen LogP contribution in [0.15, 0.2) is 36.5 Å². The second-order valence-electron chi connectivity index (χ2n) is 7.86. The molecule has 0 saturated heterocycles. The average molecular weight is 349 g/mol. The number of carbonyl (C=O) groups excluding carboxylic acids is 1. The Morgan fingerprint density at radius 2 is 2.08 bits per heavy atom. The first kappa shape index (κ1) is 17.1. The quantitative estimate of drug-likeness (QED) is 0.706. The first-order chi connectivity index (χ1) is 12.5. The van der Waals surface area contributed by atoms with Crippen LogP contribution in [-0.4, -0.2) is 26.8 Å². The van der Waals surface area contributed by atoms with E-state index in [9.17, 15) is 4.79 Å². The van der Waals surface area contributed by atoms with Crippen molar-refractivity contribution >= 4 is 16.7 Å². The zero-order chi connectivity index (χ0) is 18.4. The Kier molecular flexibility index (Phi) is 4.23. The Labute approximate surface area is 154 Å². The molecule has 0 spiro atoms. The highest BCUT2D eigenvalue weighted by molar-refractivity contribution is 5.94. The number of rotatable bonds is 4. The second kappa shape index (κ2) is 6.44. The van der Waals surface area contributed by atoms with Gasteiger partial charge in [-0.3, -0.25) is 9.69 Å². The number of carbonyl (C=O) groups is 1. The van der Waals surface area contributed by atoms with Crippen molar-refractivity contribution in [3.8, 4) is 0 Å². The summed E-state index contributed by atoms with van der Waals surface area (Å²) in [5.41, 5.74) is 6.08. The number of benzene rings is 1. The highest BCUT2D eigenvalue weighted by Gasteiger charge is 2.32. The van der Waals surface area contributed by atoms with Gasteiger partial charge in [-0.15, -0.1) is 0 Å². The summed E-state index contributed by atoms with van der Waals surface area (Å²) in [6, 6.07) is 11.0. The fourth-order valence-electron chi connectivity index (χ4n) is 4.42. The number of nitrogens with one attached hydrogen (secondary N) is 1. The van der Waals surface area contributed by atoms with Gasteiger partial charge < -0.3 is 9.55 Å². The summed E-state index contributed by atoms with van der Waals surface area (Å²) in [7, 11) is 2.03. The monoisotopic (exact) mass is 349 g/mol. The number of hydrogen-bond donors (Lipinski definition) is 1. The van der Waals surface area contributed by atoms with Crippen molar-refractivity contribution in [1.82, 2.24) is 14.5 Å². The fraction of sp³-hybridized carbons (Fsp3) is 0.409. The third-order valence-electron chi connectivity index (χ3n) is 5.70. The van der Waals surface area contributed by atoms with E-state index in [1.807, 2.05) is 19.3 Å². The van der Waals surface area contributed by atoms with Crippen molar-refractivity contribution in [3.05, 3.63) is 59.0 Å². The van der Waals surface area contributed by atoms with Gasteiger partial charge in [-0.2, -0.15) is 0 Å². The molecule has 4 nitrogen and oxygen atoms in total. The van der Waals surface area contributed by atoms with Gasteiger partial charge in [0.25, 0.3) is 0 Å². The summed E-state index contributed by atoms with van der Waals surface area (Å²) in [6.07, 6.45) is 3.01. The van der Waals surface area contributed by atoms with Gasteiger partial charge in [-0.05, 0) is 37.0 Å². The van der Waals surface area contributed by atoms with Crippen LogP contribution in [0.1, 0.15) is 54.1 Å². The predicted octanol–water partition coefficient (Wildman–Crippen LogP) is 4.46. The zero-order valence-electron chi connectivity index (χ0n) is 16.0. The lowest BCUT2D eigenvalue weighted by molar-refractivity contribution is 0.101. The molecule has 1 aromatic carbocycles. The molecule has 3 heterocycles. The van der Waals surface area contributed by atoms with E-state index in [2.05, 4.69) is 52.6 Å². The molecule has 1 aliphatic rings. The molecule has 0 radical (unpaired) electrons. The van der Waals surface area contributed by atoms with Gasteiger partial charge >= 0.3 is 0 Å². The fourth-order valence-corrected chi connectivity index (χ4v) is 4.42. The lowest BCUT2D eigenvalue weighted by Crippen LogP contribution is -2.38. The van der Waals surface area contributed by atoms with Crippen molar-refractivity contribution in [1.29, 1.82) is 0 Å². The second-order valence-corrected chi connectivity index (χ2v) is 7.86. The Morgan fingerprint density at radius 3 is 2.77 bits per heavy atom. The summed E-state index contributed by atoms with van der Waals surface area (Å²) in [6.45, 7) is 8.13. The summed E-state index contributed by atoms with van der Waals surface area (Å²) in [5, 5.41) is 1.37. The van der Waals surface area contributed by atoms with Crippen LogP contribution < -0.4 is 0 Å². The van der Waals surface area contributed by atoms with E-state index in [-0.39, 0.29) is 5.78 Å². The molecular formula is C22H27N3O. The van der Waals surface area contributed by atoms with Gasteiger partial charge in [-0.25, -0.2) is 0 Å². The first-order valence-corrected chi connectivity index (χ1v) is 9.45. The van der Waals surface area contributed by atoms with Crippen LogP contribution in [-0.2, 0) is 20.0 Å². The van der Waals surface area contributed by atoms with Gasteiger partial charge in [0.15, 0.2) is 5.78 Å². The van der Waals surface area contributed by atoms with E-state index in [1.165, 1.54) is 27.9 Å². The van der Waals surface area contributed by atoms with Gasteiger partial charge in [-0.1, -0.05) is 32.0 Å². The molecule has 0 fully saturated rings. The molecule has 1 aliphatic heterocycles. The van der Waals surface area contributed by atoms with Crippen LogP contribution in [0.3, 0.4) is 0 Å². The number of hydrogen-bond acceptors (Lipinski definition) is 2. The van der Waals surface area contributed by atoms with E-state index in [4.69, 9.17) is 0 Å². The number of aromatic nitrogens is 2. The van der Waals surface area contributed by atoms with E-state index >= 15 is 0 Å². The van der Waals surface area contributed by atoms with E-state index in [0.717, 1.165) is 25.1 Å². The number of para-hydroxylation sites is 1. The van der Waals surface area contributed by atoms with Gasteiger partial charge in [0.1, 0.15) is 0 Å². The minimum Gasteiger partial charge on any atom is -0.357 e. The van der Waals surface area contributed by atoms with Gasteiger partial charge in [0.2, 0.25) is 0 Å². The molecule has 0 saturated carbocycles. The SMILES string of the molecule is CC(=O)c1cc(CN2CCc3c([nH]c4ccccc34)C2C(C)C)n(C)c1. The van der Waals surface area contributed by atoms with Crippen molar-refractivity contribution in [2.75, 3.05) is 6.54 Å². The molecule has 136 valence electrons. The van der Waals surface area contributed by atoms with Gasteiger partial charge in [0, 0.05) is 54.2 Å². The number of H-pyrrole nitrogens is 1. The zero-order valence-corrected chi connectivity index (χ0v) is 16.0. The number of fused-ring (bicyclic) bond motifs is 3. The Hall–Kier alpha value is -2.33. The molecule has 1 unspecified atom stereocenters. The topological polar surface area (TPSA) is 41.0 Å². The van der Waals surface area contributed by atoms with Crippen molar-refractivity contribution in [2.24, 2.45) is 13.0 Å². The van der Waals surface area contributed by atoms with Crippen LogP contribution in [0.2, 0.25) is 0 Å². The van der Waals surface area contributed by atoms with Crippen LogP contribution >= 0.6 is 0 Å². The largest absolute Gasteiger partial charge is 0.357 e. The number of ketones is 1. The molecule has 1 N–H and O–H groups in total. The van der Waals surface area contributed by atoms with Crippen LogP contribution in [0.25, 0.3) is 10.9 Å².